The minimum Gasteiger partial charge on any atom is -0.381 e. The molecule has 0 bridgehead atoms. The highest BCUT2D eigenvalue weighted by Gasteiger charge is 2.52. The average molecular weight is 876 g/mol. The van der Waals surface area contributed by atoms with E-state index in [1.54, 1.807) is 74.2 Å². The van der Waals surface area contributed by atoms with Gasteiger partial charge in [0.05, 0.1) is 32.8 Å². The fraction of sp³-hybridized carbons (Fsp3) is 0.356. The van der Waals surface area contributed by atoms with Crippen LogP contribution in [0.4, 0.5) is 4.39 Å². The lowest BCUT2D eigenvalue weighted by Crippen LogP contribution is -2.41. The third kappa shape index (κ3) is 6.42. The Morgan fingerprint density at radius 1 is 1.00 bits per heavy atom. The molecule has 17 heteroatoms. The van der Waals surface area contributed by atoms with Crippen LogP contribution in [0, 0.1) is 24.4 Å². The normalized spacial score (nSPS) is 18.5. The summed E-state index contributed by atoms with van der Waals surface area (Å²) in [6.07, 6.45) is 6.94. The standard InChI is InChI=1S/C45H46FN9O5S2/c1-5-62(47,59)34-9-7-32(8-10-34)52-18-19-53(44(52)58)40-38-28(4)51(17-12-35(38)49-55(40)33-22-26(2)39(46)27(3)23-33)41(56)37-25-31-24-30(29-13-20-60-21-14-29)6-11-36(31)54(37)45(15-16-45)42-48-43(57)61-50-42/h6-11,18-19,22-25,28-29,47H,5,12-17,20-21H2,1-4H3,(H,48,50,57)/t28-,62+/m0/s1. The van der Waals surface area contributed by atoms with Crippen molar-refractivity contribution in [1.29, 1.82) is 4.78 Å². The fourth-order valence-corrected chi connectivity index (χ4v) is 11.0. The molecule has 1 aliphatic carbocycles. The second kappa shape index (κ2) is 14.9. The topological polar surface area (TPSA) is 166 Å². The molecule has 1 saturated heterocycles. The zero-order valence-electron chi connectivity index (χ0n) is 34.8. The highest BCUT2D eigenvalue weighted by molar-refractivity contribution is 7.92. The van der Waals surface area contributed by atoms with E-state index >= 15 is 9.18 Å². The molecule has 0 spiro atoms. The molecule has 0 radical (unpaired) electrons. The second-order valence-corrected chi connectivity index (χ2v) is 19.9. The van der Waals surface area contributed by atoms with Crippen molar-refractivity contribution in [3.8, 4) is 17.2 Å². The number of imidazole rings is 1. The second-order valence-electron chi connectivity index (χ2n) is 16.7. The Hall–Kier alpha value is -5.91. The first-order valence-electron chi connectivity index (χ1n) is 21.0. The van der Waals surface area contributed by atoms with Gasteiger partial charge in [-0.1, -0.05) is 13.0 Å². The summed E-state index contributed by atoms with van der Waals surface area (Å²) in [7, 11) is -2.95. The van der Waals surface area contributed by atoms with Gasteiger partial charge >= 0.3 is 10.6 Å². The molecule has 14 nitrogen and oxygen atoms in total. The number of nitrogens with one attached hydrogen (secondary N) is 2. The van der Waals surface area contributed by atoms with E-state index in [1.807, 2.05) is 17.9 Å². The van der Waals surface area contributed by atoms with E-state index in [0.29, 0.717) is 101 Å². The molecule has 2 atom stereocenters. The van der Waals surface area contributed by atoms with Crippen LogP contribution < -0.4 is 10.6 Å². The molecule has 320 valence electrons. The Labute approximate surface area is 360 Å². The van der Waals surface area contributed by atoms with E-state index < -0.39 is 27.0 Å². The number of aryl methyl sites for hydroxylation is 2. The summed E-state index contributed by atoms with van der Waals surface area (Å²) in [4.78, 5) is 47.3. The molecular formula is C45H46FN9O5S2. The summed E-state index contributed by atoms with van der Waals surface area (Å²) in [6.45, 7) is 8.80. The molecule has 2 aliphatic heterocycles. The van der Waals surface area contributed by atoms with Crippen molar-refractivity contribution in [3.05, 3.63) is 138 Å². The molecule has 1 amide bonds. The number of hydrogen-bond donors (Lipinski definition) is 2. The zero-order valence-corrected chi connectivity index (χ0v) is 36.4. The van der Waals surface area contributed by atoms with Gasteiger partial charge in [-0.15, -0.1) is 0 Å². The molecule has 3 aromatic carbocycles. The SMILES string of the molecule is CC[S@@](=N)(=O)c1ccc(-n2ccn(-c3c4c(nn3-c3cc(C)c(F)c(C)c3)CCN(C(=O)c3cc5cc(C6CCOCC6)ccc5n3C3(c5nsc(=O)[nH]5)CC3)[C@H]4C)c2=O)cc1. The summed E-state index contributed by atoms with van der Waals surface area (Å²) in [5, 5.41) is 6.01. The largest absolute Gasteiger partial charge is 0.381 e. The molecule has 4 aromatic heterocycles. The van der Waals surface area contributed by atoms with Gasteiger partial charge in [0, 0.05) is 77.2 Å². The Bertz CT molecular complexity index is 3140. The van der Waals surface area contributed by atoms with Crippen LogP contribution in [-0.4, -0.2) is 73.4 Å². The Morgan fingerprint density at radius 3 is 2.37 bits per heavy atom. The van der Waals surface area contributed by atoms with Gasteiger partial charge in [0.2, 0.25) is 0 Å². The van der Waals surface area contributed by atoms with Crippen LogP contribution >= 0.6 is 11.5 Å². The number of fused-ring (bicyclic) bond motifs is 2. The third-order valence-corrected chi connectivity index (χ3v) is 15.4. The molecule has 2 fully saturated rings. The lowest BCUT2D eigenvalue weighted by atomic mass is 9.91. The van der Waals surface area contributed by atoms with Crippen molar-refractivity contribution in [1.82, 2.24) is 37.7 Å². The molecule has 7 aromatic rings. The van der Waals surface area contributed by atoms with E-state index in [0.717, 1.165) is 35.3 Å². The van der Waals surface area contributed by atoms with Gasteiger partial charge in [0.25, 0.3) is 5.91 Å². The number of H-pyrrole nitrogens is 1. The molecule has 1 saturated carbocycles. The zero-order chi connectivity index (χ0) is 43.2. The smallest absolute Gasteiger partial charge is 0.338 e. The van der Waals surface area contributed by atoms with E-state index in [4.69, 9.17) is 14.6 Å². The van der Waals surface area contributed by atoms with Crippen LogP contribution in [0.15, 0.2) is 87.5 Å². The summed E-state index contributed by atoms with van der Waals surface area (Å²) in [5.74, 6) is 0.971. The minimum absolute atomic E-state index is 0.172. The number of hydrogen-bond acceptors (Lipinski definition) is 9. The molecule has 2 N–H and O–H groups in total. The number of amides is 1. The summed E-state index contributed by atoms with van der Waals surface area (Å²) < 4.78 is 53.0. The van der Waals surface area contributed by atoms with Gasteiger partial charge in [-0.3, -0.25) is 23.7 Å². The maximum absolute atomic E-state index is 15.4. The predicted molar refractivity (Wildman–Crippen MR) is 235 cm³/mol. The van der Waals surface area contributed by atoms with Crippen LogP contribution in [-0.2, 0) is 26.4 Å². The first kappa shape index (κ1) is 40.2. The van der Waals surface area contributed by atoms with E-state index in [2.05, 4.69) is 32.1 Å². The van der Waals surface area contributed by atoms with E-state index in [-0.39, 0.29) is 22.4 Å². The molecule has 3 aliphatic rings. The highest BCUT2D eigenvalue weighted by atomic mass is 32.2. The lowest BCUT2D eigenvalue weighted by Gasteiger charge is -2.34. The minimum atomic E-state index is -2.95. The number of halogens is 1. The van der Waals surface area contributed by atoms with Crippen LogP contribution in [0.2, 0.25) is 0 Å². The number of nitrogens with zero attached hydrogens (tertiary/aromatic N) is 7. The number of rotatable bonds is 9. The van der Waals surface area contributed by atoms with Crippen LogP contribution in [0.3, 0.4) is 0 Å². The van der Waals surface area contributed by atoms with Gasteiger partial charge in [0.15, 0.2) is 0 Å². The Morgan fingerprint density at radius 2 is 1.71 bits per heavy atom. The Balaban J connectivity index is 1.10. The first-order valence-corrected chi connectivity index (χ1v) is 23.5. The Kier molecular flexibility index (Phi) is 9.64. The van der Waals surface area contributed by atoms with E-state index in [9.17, 15) is 13.8 Å². The van der Waals surface area contributed by atoms with Crippen molar-refractivity contribution in [2.75, 3.05) is 25.5 Å². The van der Waals surface area contributed by atoms with Crippen molar-refractivity contribution >= 4 is 38.1 Å². The van der Waals surface area contributed by atoms with Crippen molar-refractivity contribution in [3.63, 3.8) is 0 Å². The van der Waals surface area contributed by atoms with E-state index in [1.165, 1.54) is 14.7 Å². The van der Waals surface area contributed by atoms with Crippen molar-refractivity contribution < 1.29 is 18.1 Å². The molecule has 10 rings (SSSR count). The number of benzene rings is 3. The molecule has 6 heterocycles. The van der Waals surface area contributed by atoms with Gasteiger partial charge in [-0.2, -0.15) is 9.47 Å². The predicted octanol–water partition coefficient (Wildman–Crippen LogP) is 7.29. The van der Waals surface area contributed by atoms with Gasteiger partial charge in [0.1, 0.15) is 28.7 Å². The number of aromatic amines is 1. The quantitative estimate of drug-likeness (QED) is 0.154. The summed E-state index contributed by atoms with van der Waals surface area (Å²) in [6, 6.07) is 17.8. The number of aromatic nitrogens is 7. The monoisotopic (exact) mass is 875 g/mol. The maximum Gasteiger partial charge on any atom is 0.338 e. The van der Waals surface area contributed by atoms with Gasteiger partial charge in [-0.05, 0) is 124 Å². The third-order valence-electron chi connectivity index (χ3n) is 13.1. The molecule has 62 heavy (non-hydrogen) atoms. The van der Waals surface area contributed by atoms with Crippen molar-refractivity contribution in [2.45, 2.75) is 82.2 Å². The number of carbonyl (C=O) groups excluding carboxylic acids is 1. The van der Waals surface area contributed by atoms with Gasteiger partial charge < -0.3 is 14.2 Å². The van der Waals surface area contributed by atoms with Gasteiger partial charge in [-0.25, -0.2) is 22.9 Å². The summed E-state index contributed by atoms with van der Waals surface area (Å²) >= 11 is 0.876. The maximum atomic E-state index is 15.4. The summed E-state index contributed by atoms with van der Waals surface area (Å²) in [5.41, 5.74) is 4.81. The number of ether oxygens (including phenoxy) is 1. The van der Waals surface area contributed by atoms with Crippen LogP contribution in [0.25, 0.3) is 28.1 Å². The first-order chi connectivity index (χ1) is 29.8. The lowest BCUT2D eigenvalue weighted by molar-refractivity contribution is 0.0664. The van der Waals surface area contributed by atoms with Crippen molar-refractivity contribution in [2.24, 2.45) is 0 Å². The average Bonchev–Trinajstić information content (AvgIpc) is 3.56. The number of carbonyl (C=O) groups is 1. The fourth-order valence-electron chi connectivity index (χ4n) is 9.52. The molecular weight excluding hydrogens is 830 g/mol. The van der Waals surface area contributed by atoms with Crippen LogP contribution in [0.5, 0.6) is 0 Å². The molecule has 0 unspecified atom stereocenters. The van der Waals surface area contributed by atoms with Crippen LogP contribution in [0.1, 0.15) is 95.8 Å². The highest BCUT2D eigenvalue weighted by Crippen LogP contribution is 2.51.